The van der Waals surface area contributed by atoms with Crippen LogP contribution in [0.5, 0.6) is 5.88 Å². The monoisotopic (exact) mass is 380 g/mol. The van der Waals surface area contributed by atoms with E-state index in [4.69, 9.17) is 21.6 Å². The number of amides is 1. The molecule has 7 nitrogen and oxygen atoms in total. The Morgan fingerprint density at radius 2 is 2.04 bits per heavy atom. The molecule has 1 heterocycles. The maximum atomic E-state index is 11.6. The summed E-state index contributed by atoms with van der Waals surface area (Å²) in [4.78, 5) is 17.5. The van der Waals surface area contributed by atoms with E-state index in [9.17, 15) is 9.90 Å². The zero-order valence-corrected chi connectivity index (χ0v) is 16.3. The Kier molecular flexibility index (Phi) is 6.19. The molecule has 0 radical (unpaired) electrons. The molecular weight excluding hydrogens is 356 g/mol. The van der Waals surface area contributed by atoms with Gasteiger partial charge in [-0.3, -0.25) is 0 Å². The number of hydrogen-bond donors (Lipinski definition) is 2. The van der Waals surface area contributed by atoms with Crippen LogP contribution in [0.2, 0.25) is 5.02 Å². The van der Waals surface area contributed by atoms with Crippen molar-refractivity contribution in [3.63, 3.8) is 0 Å². The number of nitriles is 1. The van der Waals surface area contributed by atoms with Crippen LogP contribution in [0.3, 0.4) is 0 Å². The summed E-state index contributed by atoms with van der Waals surface area (Å²) in [6, 6.07) is 3.68. The van der Waals surface area contributed by atoms with Crippen LogP contribution in [-0.2, 0) is 0 Å². The Hall–Kier alpha value is -2.20. The number of halogens is 1. The van der Waals surface area contributed by atoms with Gasteiger partial charge in [0.1, 0.15) is 17.5 Å². The molecule has 0 aromatic carbocycles. The average Bonchev–Trinajstić information content (AvgIpc) is 2.56. The molecule has 1 aromatic rings. The van der Waals surface area contributed by atoms with Crippen LogP contribution in [0.25, 0.3) is 0 Å². The van der Waals surface area contributed by atoms with Gasteiger partial charge in [-0.15, -0.1) is 0 Å². The number of anilines is 1. The summed E-state index contributed by atoms with van der Waals surface area (Å²) >= 11 is 6.22. The molecule has 0 aliphatic heterocycles. The minimum Gasteiger partial charge on any atom is -0.480 e. The Balaban J connectivity index is 2.05. The average molecular weight is 381 g/mol. The summed E-state index contributed by atoms with van der Waals surface area (Å²) in [5.74, 6) is 0.717. The van der Waals surface area contributed by atoms with Crippen molar-refractivity contribution < 1.29 is 14.6 Å². The third kappa shape index (κ3) is 4.50. The fraction of sp³-hybridized carbons (Fsp3) is 0.611. The normalized spacial score (nSPS) is 20.2. The van der Waals surface area contributed by atoms with Gasteiger partial charge in [0.05, 0.1) is 12.1 Å². The summed E-state index contributed by atoms with van der Waals surface area (Å²) in [5.41, 5.74) is -0.142. The number of ether oxygens (including phenoxy) is 1. The van der Waals surface area contributed by atoms with E-state index in [-0.39, 0.29) is 23.5 Å². The lowest BCUT2D eigenvalue weighted by Crippen LogP contribution is -2.52. The first-order valence-corrected chi connectivity index (χ1v) is 8.98. The number of carboxylic acid groups (broad SMARTS) is 1. The Bertz CT molecular complexity index is 704. The van der Waals surface area contributed by atoms with Crippen LogP contribution in [0.1, 0.15) is 52.0 Å². The van der Waals surface area contributed by atoms with Gasteiger partial charge in [-0.05, 0) is 52.5 Å². The second kappa shape index (κ2) is 8.00. The highest BCUT2D eigenvalue weighted by Gasteiger charge is 2.35. The zero-order valence-electron chi connectivity index (χ0n) is 15.5. The van der Waals surface area contributed by atoms with E-state index in [0.717, 1.165) is 25.7 Å². The lowest BCUT2D eigenvalue weighted by atomic mass is 9.88. The third-order valence-electron chi connectivity index (χ3n) is 4.59. The molecule has 1 aliphatic carbocycles. The van der Waals surface area contributed by atoms with Gasteiger partial charge in [0.25, 0.3) is 0 Å². The summed E-state index contributed by atoms with van der Waals surface area (Å²) in [6.07, 6.45) is 2.28. The lowest BCUT2D eigenvalue weighted by Gasteiger charge is -2.42. The first kappa shape index (κ1) is 20.1. The molecule has 26 heavy (non-hydrogen) atoms. The highest BCUT2D eigenvalue weighted by Crippen LogP contribution is 2.32. The molecule has 0 spiro atoms. The predicted octanol–water partition coefficient (Wildman–Crippen LogP) is 4.12. The van der Waals surface area contributed by atoms with E-state index in [1.165, 1.54) is 13.2 Å². The molecular formula is C18H25ClN4O3. The molecule has 2 rings (SSSR count). The summed E-state index contributed by atoms with van der Waals surface area (Å²) in [5, 5.41) is 22.3. The van der Waals surface area contributed by atoms with Gasteiger partial charge < -0.3 is 20.1 Å². The first-order valence-electron chi connectivity index (χ1n) is 8.60. The fourth-order valence-corrected chi connectivity index (χ4v) is 3.68. The predicted molar refractivity (Wildman–Crippen MR) is 99.8 cm³/mol. The summed E-state index contributed by atoms with van der Waals surface area (Å²) in [6.45, 7) is 5.74. The topological polar surface area (TPSA) is 98.5 Å². The van der Waals surface area contributed by atoms with E-state index in [0.29, 0.717) is 10.8 Å². The quantitative estimate of drug-likeness (QED) is 0.815. The largest absolute Gasteiger partial charge is 0.480 e. The molecule has 0 atom stereocenters. The highest BCUT2D eigenvalue weighted by molar-refractivity contribution is 6.33. The molecule has 8 heteroatoms. The van der Waals surface area contributed by atoms with Gasteiger partial charge in [-0.25, -0.2) is 4.79 Å². The second-order valence-corrected chi connectivity index (χ2v) is 7.87. The number of nitrogens with one attached hydrogen (secondary N) is 1. The van der Waals surface area contributed by atoms with Crippen LogP contribution in [-0.4, -0.2) is 45.8 Å². The summed E-state index contributed by atoms with van der Waals surface area (Å²) < 4.78 is 5.13. The smallest absolute Gasteiger partial charge is 0.407 e. The van der Waals surface area contributed by atoms with Crippen molar-refractivity contribution in [2.75, 3.05) is 12.4 Å². The van der Waals surface area contributed by atoms with Gasteiger partial charge in [-0.2, -0.15) is 10.2 Å². The number of carbonyl (C=O) groups is 1. The number of pyridine rings is 1. The van der Waals surface area contributed by atoms with Crippen molar-refractivity contribution in [1.29, 1.82) is 5.26 Å². The van der Waals surface area contributed by atoms with Crippen molar-refractivity contribution in [3.8, 4) is 11.9 Å². The van der Waals surface area contributed by atoms with Crippen molar-refractivity contribution in [2.45, 2.75) is 64.1 Å². The van der Waals surface area contributed by atoms with Crippen molar-refractivity contribution in [1.82, 2.24) is 9.88 Å². The lowest BCUT2D eigenvalue weighted by molar-refractivity contribution is 0.0556. The van der Waals surface area contributed by atoms with Crippen molar-refractivity contribution in [2.24, 2.45) is 0 Å². The maximum Gasteiger partial charge on any atom is 0.407 e. The molecule has 1 aromatic heterocycles. The van der Waals surface area contributed by atoms with E-state index in [2.05, 4.69) is 10.3 Å². The maximum absolute atomic E-state index is 11.6. The molecule has 1 fully saturated rings. The minimum atomic E-state index is -0.879. The van der Waals surface area contributed by atoms with Crippen LogP contribution in [0.4, 0.5) is 10.6 Å². The Morgan fingerprint density at radius 3 is 2.50 bits per heavy atom. The van der Waals surface area contributed by atoms with Crippen molar-refractivity contribution >= 4 is 23.5 Å². The Labute approximate surface area is 158 Å². The first-order chi connectivity index (χ1) is 12.2. The Morgan fingerprint density at radius 1 is 1.42 bits per heavy atom. The van der Waals surface area contributed by atoms with Gasteiger partial charge in [0.2, 0.25) is 5.88 Å². The SMILES string of the molecule is COc1nc(NC2CCC(N(C(=O)O)C(C)(C)C)CC2)c(Cl)cc1C#N. The van der Waals surface area contributed by atoms with Crippen LogP contribution in [0.15, 0.2) is 6.07 Å². The molecule has 1 saturated carbocycles. The van der Waals surface area contributed by atoms with E-state index in [1.807, 2.05) is 26.8 Å². The number of rotatable bonds is 4. The highest BCUT2D eigenvalue weighted by atomic mass is 35.5. The van der Waals surface area contributed by atoms with Gasteiger partial charge in [0, 0.05) is 17.6 Å². The van der Waals surface area contributed by atoms with Crippen LogP contribution < -0.4 is 10.1 Å². The standard InChI is InChI=1S/C18H25ClN4O3/c1-18(2,3)23(17(24)25)13-7-5-12(6-8-13)21-15-14(19)9-11(10-20)16(22-15)26-4/h9,12-13H,5-8H2,1-4H3,(H,21,22)(H,24,25). The van der Waals surface area contributed by atoms with Crippen molar-refractivity contribution in [3.05, 3.63) is 16.7 Å². The molecule has 142 valence electrons. The van der Waals surface area contributed by atoms with Gasteiger partial charge >= 0.3 is 6.09 Å². The number of nitrogens with zero attached hydrogens (tertiary/aromatic N) is 3. The second-order valence-electron chi connectivity index (χ2n) is 7.46. The molecule has 0 saturated heterocycles. The van der Waals surface area contributed by atoms with Crippen LogP contribution >= 0.6 is 11.6 Å². The number of methoxy groups -OCH3 is 1. The number of hydrogen-bond acceptors (Lipinski definition) is 5. The fourth-order valence-electron chi connectivity index (χ4n) is 3.47. The van der Waals surface area contributed by atoms with E-state index < -0.39 is 11.6 Å². The third-order valence-corrected chi connectivity index (χ3v) is 4.87. The zero-order chi connectivity index (χ0) is 19.5. The van der Waals surface area contributed by atoms with E-state index in [1.54, 1.807) is 4.90 Å². The van der Waals surface area contributed by atoms with Gasteiger partial charge in [-0.1, -0.05) is 11.6 Å². The van der Waals surface area contributed by atoms with E-state index >= 15 is 0 Å². The summed E-state index contributed by atoms with van der Waals surface area (Å²) in [7, 11) is 1.46. The minimum absolute atomic E-state index is 0.00415. The molecule has 1 amide bonds. The molecule has 0 unspecified atom stereocenters. The molecule has 0 bridgehead atoms. The molecule has 2 N–H and O–H groups in total. The van der Waals surface area contributed by atoms with Crippen LogP contribution in [0, 0.1) is 11.3 Å². The van der Waals surface area contributed by atoms with Gasteiger partial charge in [0.15, 0.2) is 0 Å². The molecule has 1 aliphatic rings. The number of aromatic nitrogens is 1.